The fourth-order valence-electron chi connectivity index (χ4n) is 3.19. The Balaban J connectivity index is 1.64. The minimum Gasteiger partial charge on any atom is -0.283 e. The predicted molar refractivity (Wildman–Crippen MR) is 121 cm³/mol. The molecule has 158 valence electrons. The van der Waals surface area contributed by atoms with E-state index in [-0.39, 0.29) is 22.9 Å². The highest BCUT2D eigenvalue weighted by atomic mass is 32.2. The van der Waals surface area contributed by atoms with Gasteiger partial charge >= 0.3 is 0 Å². The number of amides is 1. The number of aromatic nitrogens is 1. The van der Waals surface area contributed by atoms with Crippen molar-refractivity contribution in [2.75, 3.05) is 10.7 Å². The largest absolute Gasteiger partial charge is 0.283 e. The summed E-state index contributed by atoms with van der Waals surface area (Å²) in [5.41, 5.74) is 1.60. The van der Waals surface area contributed by atoms with Crippen molar-refractivity contribution in [2.24, 2.45) is 0 Å². The number of thiazole rings is 1. The quantitative estimate of drug-likeness (QED) is 0.410. The summed E-state index contributed by atoms with van der Waals surface area (Å²) in [5.74, 6) is -1.97. The van der Waals surface area contributed by atoms with E-state index >= 15 is 0 Å². The lowest BCUT2D eigenvalue weighted by Gasteiger charge is -2.20. The zero-order valence-electron chi connectivity index (χ0n) is 16.4. The Kier molecular flexibility index (Phi) is 6.11. The molecule has 0 radical (unpaired) electrons. The van der Waals surface area contributed by atoms with Crippen molar-refractivity contribution in [3.8, 4) is 0 Å². The zero-order chi connectivity index (χ0) is 21.8. The van der Waals surface area contributed by atoms with E-state index < -0.39 is 27.3 Å². The van der Waals surface area contributed by atoms with E-state index in [0.717, 1.165) is 16.9 Å². The SMILES string of the molecule is O=C(CS(=O)(=O)Cc1ccccc1)N(Cc1ccccc1)c1nc2c(F)cccc2s1. The molecule has 0 N–H and O–H groups in total. The van der Waals surface area contributed by atoms with Crippen molar-refractivity contribution in [3.05, 3.63) is 95.8 Å². The van der Waals surface area contributed by atoms with Gasteiger partial charge in [-0.15, -0.1) is 0 Å². The van der Waals surface area contributed by atoms with Crippen LogP contribution in [0.5, 0.6) is 0 Å². The van der Waals surface area contributed by atoms with Gasteiger partial charge in [0.1, 0.15) is 17.1 Å². The van der Waals surface area contributed by atoms with E-state index in [1.807, 2.05) is 30.3 Å². The average molecular weight is 455 g/mol. The van der Waals surface area contributed by atoms with Crippen LogP contribution < -0.4 is 4.90 Å². The molecule has 4 aromatic rings. The van der Waals surface area contributed by atoms with Gasteiger partial charge in [-0.3, -0.25) is 9.69 Å². The van der Waals surface area contributed by atoms with Crippen molar-refractivity contribution < 1.29 is 17.6 Å². The molecule has 0 unspecified atom stereocenters. The molecule has 0 saturated carbocycles. The number of para-hydroxylation sites is 1. The Morgan fingerprint density at radius 3 is 2.19 bits per heavy atom. The second-order valence-corrected chi connectivity index (χ2v) is 10.1. The molecule has 4 rings (SSSR count). The zero-order valence-corrected chi connectivity index (χ0v) is 18.1. The van der Waals surface area contributed by atoms with E-state index in [0.29, 0.717) is 10.3 Å². The number of anilines is 1. The summed E-state index contributed by atoms with van der Waals surface area (Å²) < 4.78 is 40.1. The molecule has 0 aliphatic heterocycles. The Morgan fingerprint density at radius 2 is 1.55 bits per heavy atom. The second kappa shape index (κ2) is 8.95. The maximum atomic E-state index is 14.1. The number of fused-ring (bicyclic) bond motifs is 1. The number of benzene rings is 3. The first-order chi connectivity index (χ1) is 14.9. The first kappa shape index (κ1) is 21.1. The third kappa shape index (κ3) is 5.15. The highest BCUT2D eigenvalue weighted by Gasteiger charge is 2.26. The van der Waals surface area contributed by atoms with Crippen LogP contribution in [-0.4, -0.2) is 25.1 Å². The van der Waals surface area contributed by atoms with Gasteiger partial charge in [-0.25, -0.2) is 17.8 Å². The molecule has 31 heavy (non-hydrogen) atoms. The van der Waals surface area contributed by atoms with Gasteiger partial charge in [0.05, 0.1) is 17.0 Å². The second-order valence-electron chi connectivity index (χ2n) is 7.07. The highest BCUT2D eigenvalue weighted by molar-refractivity contribution is 7.91. The van der Waals surface area contributed by atoms with Crippen LogP contribution in [0.25, 0.3) is 10.2 Å². The maximum absolute atomic E-state index is 14.1. The third-order valence-electron chi connectivity index (χ3n) is 4.65. The fraction of sp³-hybridized carbons (Fsp3) is 0.130. The molecule has 0 fully saturated rings. The van der Waals surface area contributed by atoms with Gasteiger partial charge in [-0.05, 0) is 23.3 Å². The third-order valence-corrected chi connectivity index (χ3v) is 7.15. The molecule has 0 saturated heterocycles. The van der Waals surface area contributed by atoms with Crippen LogP contribution >= 0.6 is 11.3 Å². The summed E-state index contributed by atoms with van der Waals surface area (Å²) in [4.78, 5) is 18.8. The van der Waals surface area contributed by atoms with Gasteiger partial charge in [0.15, 0.2) is 15.0 Å². The van der Waals surface area contributed by atoms with Crippen molar-refractivity contribution >= 4 is 42.4 Å². The van der Waals surface area contributed by atoms with Crippen LogP contribution in [0.3, 0.4) is 0 Å². The van der Waals surface area contributed by atoms with Gasteiger partial charge in [0.2, 0.25) is 5.91 Å². The van der Waals surface area contributed by atoms with Crippen LogP contribution in [0.4, 0.5) is 9.52 Å². The summed E-state index contributed by atoms with van der Waals surface area (Å²) in [6.07, 6.45) is 0. The van der Waals surface area contributed by atoms with Gasteiger partial charge < -0.3 is 0 Å². The minimum atomic E-state index is -3.71. The number of sulfone groups is 1. The maximum Gasteiger partial charge on any atom is 0.244 e. The molecular weight excluding hydrogens is 435 g/mol. The summed E-state index contributed by atoms with van der Waals surface area (Å²) in [7, 11) is -3.71. The smallest absolute Gasteiger partial charge is 0.244 e. The molecule has 1 aromatic heterocycles. The number of nitrogens with zero attached hydrogens (tertiary/aromatic N) is 2. The summed E-state index contributed by atoms with van der Waals surface area (Å²) >= 11 is 1.16. The van der Waals surface area contributed by atoms with Gasteiger partial charge in [0.25, 0.3) is 0 Å². The Bertz CT molecular complexity index is 1310. The summed E-state index contributed by atoms with van der Waals surface area (Å²) in [6.45, 7) is 0.141. The molecule has 0 spiro atoms. The monoisotopic (exact) mass is 454 g/mol. The topological polar surface area (TPSA) is 67.3 Å². The molecular formula is C23H19FN2O3S2. The first-order valence-electron chi connectivity index (χ1n) is 9.55. The molecule has 0 atom stereocenters. The molecule has 0 bridgehead atoms. The van der Waals surface area contributed by atoms with Crippen molar-refractivity contribution in [2.45, 2.75) is 12.3 Å². The van der Waals surface area contributed by atoms with Crippen molar-refractivity contribution in [3.63, 3.8) is 0 Å². The Morgan fingerprint density at radius 1 is 0.903 bits per heavy atom. The predicted octanol–water partition coefficient (Wildman–Crippen LogP) is 4.58. The number of rotatable bonds is 7. The molecule has 0 aliphatic rings. The van der Waals surface area contributed by atoms with E-state index in [4.69, 9.17) is 0 Å². The first-order valence-corrected chi connectivity index (χ1v) is 12.2. The minimum absolute atomic E-state index is 0.141. The lowest BCUT2D eigenvalue weighted by Crippen LogP contribution is -2.35. The van der Waals surface area contributed by atoms with E-state index in [9.17, 15) is 17.6 Å². The van der Waals surface area contributed by atoms with Gasteiger partial charge in [-0.1, -0.05) is 78.1 Å². The normalized spacial score (nSPS) is 11.5. The Labute approximate surface area is 183 Å². The van der Waals surface area contributed by atoms with Crippen LogP contribution in [0, 0.1) is 5.82 Å². The van der Waals surface area contributed by atoms with E-state index in [1.54, 1.807) is 42.5 Å². The summed E-state index contributed by atoms with van der Waals surface area (Å²) in [6, 6.07) is 22.5. The lowest BCUT2D eigenvalue weighted by atomic mass is 10.2. The lowest BCUT2D eigenvalue weighted by molar-refractivity contribution is -0.116. The van der Waals surface area contributed by atoms with Crippen molar-refractivity contribution in [1.29, 1.82) is 0 Å². The molecule has 5 nitrogen and oxygen atoms in total. The van der Waals surface area contributed by atoms with Crippen LogP contribution in [0.2, 0.25) is 0 Å². The fourth-order valence-corrected chi connectivity index (χ4v) is 5.52. The summed E-state index contributed by atoms with van der Waals surface area (Å²) in [5, 5.41) is 0.267. The number of carbonyl (C=O) groups is 1. The Hall–Kier alpha value is -3.10. The highest BCUT2D eigenvalue weighted by Crippen LogP contribution is 2.31. The van der Waals surface area contributed by atoms with Gasteiger partial charge in [-0.2, -0.15) is 0 Å². The van der Waals surface area contributed by atoms with Crippen LogP contribution in [-0.2, 0) is 26.9 Å². The number of hydrogen-bond acceptors (Lipinski definition) is 5. The number of hydrogen-bond donors (Lipinski definition) is 0. The van der Waals surface area contributed by atoms with Crippen LogP contribution in [0.15, 0.2) is 78.9 Å². The van der Waals surface area contributed by atoms with Gasteiger partial charge in [0, 0.05) is 0 Å². The molecule has 0 aliphatic carbocycles. The van der Waals surface area contributed by atoms with E-state index in [1.165, 1.54) is 11.0 Å². The number of carbonyl (C=O) groups excluding carboxylic acids is 1. The molecule has 8 heteroatoms. The molecule has 1 amide bonds. The van der Waals surface area contributed by atoms with E-state index in [2.05, 4.69) is 4.98 Å². The van der Waals surface area contributed by atoms with Crippen molar-refractivity contribution in [1.82, 2.24) is 4.98 Å². The average Bonchev–Trinajstić information content (AvgIpc) is 3.18. The molecule has 1 heterocycles. The number of halogens is 1. The standard InChI is InChI=1S/C23H19FN2O3S2/c24-19-12-7-13-20-22(19)25-23(30-20)26(14-17-8-3-1-4-9-17)21(27)16-31(28,29)15-18-10-5-2-6-11-18/h1-13H,14-16H2. The molecule has 3 aromatic carbocycles. The van der Waals surface area contributed by atoms with Crippen LogP contribution in [0.1, 0.15) is 11.1 Å².